The summed E-state index contributed by atoms with van der Waals surface area (Å²) in [7, 11) is 3.10. The fourth-order valence-corrected chi connectivity index (χ4v) is 2.17. The molecule has 0 radical (unpaired) electrons. The molecular weight excluding hydrogens is 226 g/mol. The van der Waals surface area contributed by atoms with Crippen LogP contribution in [0, 0.1) is 0 Å². The zero-order valence-electron chi connectivity index (χ0n) is 11.3. The minimum Gasteiger partial charge on any atom is -0.394 e. The highest BCUT2D eigenvalue weighted by Crippen LogP contribution is 2.31. The Morgan fingerprint density at radius 2 is 1.76 bits per heavy atom. The van der Waals surface area contributed by atoms with Crippen LogP contribution in [0.1, 0.15) is 20.3 Å². The summed E-state index contributed by atoms with van der Waals surface area (Å²) in [5, 5.41) is 18.1. The molecule has 17 heavy (non-hydrogen) atoms. The Kier molecular flexibility index (Phi) is 7.85. The third kappa shape index (κ3) is 3.37. The maximum Gasteiger partial charge on any atom is 0.349 e. The van der Waals surface area contributed by atoms with E-state index >= 15 is 0 Å². The second kappa shape index (κ2) is 7.97. The quantitative estimate of drug-likeness (QED) is 0.328. The van der Waals surface area contributed by atoms with Crippen LogP contribution in [0.2, 0.25) is 0 Å². The number of hydroxylamine groups is 3. The first-order valence-corrected chi connectivity index (χ1v) is 5.95. The Balaban J connectivity index is 5.17. The van der Waals surface area contributed by atoms with Gasteiger partial charge in [0, 0.05) is 7.11 Å². The number of ether oxygens (including phenoxy) is 2. The molecular formula is C11H26NO5+. The molecule has 2 N–H and O–H groups in total. The normalized spacial score (nSPS) is 18.7. The maximum absolute atomic E-state index is 9.19. The maximum atomic E-state index is 9.19. The van der Waals surface area contributed by atoms with Crippen molar-refractivity contribution in [3.63, 3.8) is 0 Å². The molecule has 104 valence electrons. The first kappa shape index (κ1) is 16.8. The number of nitrogens with zero attached hydrogens (tertiary/aromatic N) is 1. The summed E-state index contributed by atoms with van der Waals surface area (Å²) in [6, 6.07) is 0. The molecule has 0 aromatic heterocycles. The van der Waals surface area contributed by atoms with Crippen molar-refractivity contribution in [2.24, 2.45) is 0 Å². The van der Waals surface area contributed by atoms with Crippen LogP contribution in [0.4, 0.5) is 0 Å². The molecule has 0 saturated heterocycles. The molecule has 0 rings (SSSR count). The molecule has 0 amide bonds. The topological polar surface area (TPSA) is 68.2 Å². The van der Waals surface area contributed by atoms with Gasteiger partial charge < -0.3 is 14.9 Å². The lowest BCUT2D eigenvalue weighted by atomic mass is 10.2. The number of quaternary nitrogens is 1. The summed E-state index contributed by atoms with van der Waals surface area (Å²) < 4.78 is 11.2. The van der Waals surface area contributed by atoms with Crippen LogP contribution in [-0.2, 0) is 14.3 Å². The predicted octanol–water partition coefficient (Wildman–Crippen LogP) is 0.0959. The average Bonchev–Trinajstić information content (AvgIpc) is 2.38. The van der Waals surface area contributed by atoms with Gasteiger partial charge >= 0.3 is 5.91 Å². The summed E-state index contributed by atoms with van der Waals surface area (Å²) in [6.45, 7) is 4.85. The molecule has 0 aromatic rings. The van der Waals surface area contributed by atoms with Crippen molar-refractivity contribution in [2.75, 3.05) is 47.1 Å². The van der Waals surface area contributed by atoms with E-state index in [0.29, 0.717) is 19.5 Å². The van der Waals surface area contributed by atoms with E-state index in [1.165, 1.54) is 0 Å². The van der Waals surface area contributed by atoms with Gasteiger partial charge in [-0.15, -0.1) is 4.65 Å². The van der Waals surface area contributed by atoms with Crippen LogP contribution in [-0.4, -0.2) is 67.9 Å². The molecule has 0 bridgehead atoms. The summed E-state index contributed by atoms with van der Waals surface area (Å²) in [4.78, 5) is 5.52. The van der Waals surface area contributed by atoms with Crippen LogP contribution in [0.5, 0.6) is 0 Å². The third-order valence-electron chi connectivity index (χ3n) is 3.13. The third-order valence-corrected chi connectivity index (χ3v) is 3.13. The lowest BCUT2D eigenvalue weighted by Crippen LogP contribution is -2.67. The number of hydrogen-bond donors (Lipinski definition) is 2. The van der Waals surface area contributed by atoms with Crippen LogP contribution in [0.15, 0.2) is 0 Å². The Morgan fingerprint density at radius 1 is 1.12 bits per heavy atom. The molecule has 0 aliphatic carbocycles. The minimum absolute atomic E-state index is 0.0325. The molecule has 2 atom stereocenters. The number of rotatable bonds is 10. The van der Waals surface area contributed by atoms with Gasteiger partial charge in [-0.2, -0.15) is 0 Å². The van der Waals surface area contributed by atoms with Crippen molar-refractivity contribution in [3.8, 4) is 0 Å². The van der Waals surface area contributed by atoms with E-state index in [0.717, 1.165) is 0 Å². The monoisotopic (exact) mass is 252 g/mol. The van der Waals surface area contributed by atoms with Crippen molar-refractivity contribution in [2.45, 2.75) is 26.2 Å². The summed E-state index contributed by atoms with van der Waals surface area (Å²) >= 11 is 0. The molecule has 0 aliphatic rings. The van der Waals surface area contributed by atoms with Crippen LogP contribution in [0.25, 0.3) is 0 Å². The standard InChI is InChI=1S/C11H26NO5/c1-5-11(15-3,17-10-9-14)12(6-2,16-4)7-8-13/h13-14H,5-10H2,1-4H3/q+1. The molecule has 0 fully saturated rings. The van der Waals surface area contributed by atoms with Gasteiger partial charge in [-0.1, -0.05) is 6.92 Å². The van der Waals surface area contributed by atoms with E-state index in [2.05, 4.69) is 0 Å². The molecule has 0 spiro atoms. The lowest BCUT2D eigenvalue weighted by molar-refractivity contribution is -1.17. The van der Waals surface area contributed by atoms with Crippen molar-refractivity contribution in [3.05, 3.63) is 0 Å². The first-order chi connectivity index (χ1) is 8.11. The Labute approximate surface area is 103 Å². The molecule has 6 heteroatoms. The van der Waals surface area contributed by atoms with Gasteiger partial charge in [0.2, 0.25) is 0 Å². The second-order valence-corrected chi connectivity index (χ2v) is 3.68. The van der Waals surface area contributed by atoms with Gasteiger partial charge in [0.25, 0.3) is 0 Å². The van der Waals surface area contributed by atoms with Gasteiger partial charge in [0.1, 0.15) is 13.1 Å². The largest absolute Gasteiger partial charge is 0.394 e. The van der Waals surface area contributed by atoms with Crippen LogP contribution >= 0.6 is 0 Å². The number of methoxy groups -OCH3 is 1. The smallest absolute Gasteiger partial charge is 0.349 e. The molecule has 2 unspecified atom stereocenters. The van der Waals surface area contributed by atoms with Gasteiger partial charge in [-0.25, -0.2) is 4.84 Å². The van der Waals surface area contributed by atoms with Gasteiger partial charge in [0.05, 0.1) is 33.4 Å². The van der Waals surface area contributed by atoms with E-state index in [1.54, 1.807) is 14.2 Å². The Bertz CT molecular complexity index is 192. The number of likely N-dealkylation sites (N-methyl/N-ethyl adjacent to an activating group) is 1. The fourth-order valence-electron chi connectivity index (χ4n) is 2.17. The first-order valence-electron chi connectivity index (χ1n) is 5.95. The SMILES string of the molecule is CCC(OC)(OCCO)[N+](CC)(CCO)OC. The zero-order chi connectivity index (χ0) is 13.4. The molecule has 0 heterocycles. The van der Waals surface area contributed by atoms with E-state index in [1.807, 2.05) is 13.8 Å². The summed E-state index contributed by atoms with van der Waals surface area (Å²) in [5.74, 6) is -1.00. The van der Waals surface area contributed by atoms with Crippen LogP contribution in [0.3, 0.4) is 0 Å². The van der Waals surface area contributed by atoms with Crippen molar-refractivity contribution < 1.29 is 29.2 Å². The molecule has 0 aromatic carbocycles. The van der Waals surface area contributed by atoms with E-state index in [9.17, 15) is 5.11 Å². The zero-order valence-corrected chi connectivity index (χ0v) is 11.3. The van der Waals surface area contributed by atoms with Crippen LogP contribution < -0.4 is 0 Å². The summed E-state index contributed by atoms with van der Waals surface area (Å²) in [6.07, 6.45) is 0.547. The van der Waals surface area contributed by atoms with Crippen molar-refractivity contribution in [1.82, 2.24) is 0 Å². The highest BCUT2D eigenvalue weighted by Gasteiger charge is 2.53. The molecule has 6 nitrogen and oxygen atoms in total. The van der Waals surface area contributed by atoms with E-state index < -0.39 is 5.91 Å². The number of aliphatic hydroxyl groups excluding tert-OH is 2. The summed E-state index contributed by atoms with van der Waals surface area (Å²) in [5.41, 5.74) is 0. The predicted molar refractivity (Wildman–Crippen MR) is 62.8 cm³/mol. The Hall–Kier alpha value is -0.240. The number of aliphatic hydroxyl groups is 2. The lowest BCUT2D eigenvalue weighted by Gasteiger charge is -2.46. The second-order valence-electron chi connectivity index (χ2n) is 3.68. The Morgan fingerprint density at radius 3 is 2.06 bits per heavy atom. The molecule has 0 saturated carbocycles. The highest BCUT2D eigenvalue weighted by molar-refractivity contribution is 4.55. The number of hydrogen-bond acceptors (Lipinski definition) is 5. The minimum atomic E-state index is -1.00. The van der Waals surface area contributed by atoms with Gasteiger partial charge in [0.15, 0.2) is 0 Å². The van der Waals surface area contributed by atoms with Crippen molar-refractivity contribution in [1.29, 1.82) is 0 Å². The van der Waals surface area contributed by atoms with Gasteiger partial charge in [-0.05, 0) is 6.92 Å². The van der Waals surface area contributed by atoms with Crippen molar-refractivity contribution >= 4 is 0 Å². The molecule has 0 aliphatic heterocycles. The average molecular weight is 252 g/mol. The van der Waals surface area contributed by atoms with E-state index in [-0.39, 0.29) is 24.5 Å². The fraction of sp³-hybridized carbons (Fsp3) is 1.00. The van der Waals surface area contributed by atoms with E-state index in [4.69, 9.17) is 19.4 Å². The van der Waals surface area contributed by atoms with Gasteiger partial charge in [-0.3, -0.25) is 4.74 Å². The highest BCUT2D eigenvalue weighted by atomic mass is 16.8.